The first-order valence-electron chi connectivity index (χ1n) is 7.51. The molecule has 1 aliphatic heterocycles. The van der Waals surface area contributed by atoms with Crippen LogP contribution in [0.1, 0.15) is 12.8 Å². The van der Waals surface area contributed by atoms with Gasteiger partial charge in [0.25, 0.3) is 5.60 Å². The molecule has 0 aromatic carbocycles. The van der Waals surface area contributed by atoms with Gasteiger partial charge in [0, 0.05) is 5.92 Å². The third-order valence-corrected chi connectivity index (χ3v) is 5.43. The van der Waals surface area contributed by atoms with Crippen molar-refractivity contribution in [1.29, 1.82) is 0 Å². The van der Waals surface area contributed by atoms with Crippen molar-refractivity contribution in [3.05, 3.63) is 0 Å². The molecular weight excluding hydrogens is 416 g/mol. The van der Waals surface area contributed by atoms with Crippen LogP contribution in [0.25, 0.3) is 0 Å². The SMILES string of the molecule is FC(F)(F)C(OC1C2OC(C(F)(F)F)(C(F)(F)F)C3C[C@H]1C[C@H]23)C(F)(F)F. The summed E-state index contributed by atoms with van der Waals surface area (Å²) < 4.78 is 164. The third-order valence-electron chi connectivity index (χ3n) is 5.43. The van der Waals surface area contributed by atoms with Crippen LogP contribution in [0.4, 0.5) is 52.7 Å². The van der Waals surface area contributed by atoms with E-state index in [2.05, 4.69) is 9.47 Å². The van der Waals surface area contributed by atoms with Gasteiger partial charge < -0.3 is 9.47 Å². The molecule has 2 aliphatic carbocycles. The van der Waals surface area contributed by atoms with Crippen LogP contribution in [0.5, 0.6) is 0 Å². The fraction of sp³-hybridized carbons (Fsp3) is 1.00. The Labute approximate surface area is 142 Å². The molecule has 2 saturated carbocycles. The second-order valence-corrected chi connectivity index (χ2v) is 6.88. The summed E-state index contributed by atoms with van der Waals surface area (Å²) in [5.74, 6) is -4.96. The monoisotopic (exact) mass is 426 g/mol. The van der Waals surface area contributed by atoms with E-state index in [0.717, 1.165) is 0 Å². The van der Waals surface area contributed by atoms with Gasteiger partial charge in [-0.15, -0.1) is 0 Å². The van der Waals surface area contributed by atoms with Gasteiger partial charge in [-0.05, 0) is 24.7 Å². The predicted octanol–water partition coefficient (Wildman–Crippen LogP) is 4.78. The van der Waals surface area contributed by atoms with Gasteiger partial charge in [0.15, 0.2) is 0 Å². The lowest BCUT2D eigenvalue weighted by atomic mass is 9.77. The lowest BCUT2D eigenvalue weighted by Crippen LogP contribution is -2.60. The summed E-state index contributed by atoms with van der Waals surface area (Å²) in [6.07, 6.45) is -33.8. The van der Waals surface area contributed by atoms with Crippen molar-refractivity contribution in [2.75, 3.05) is 0 Å². The number of hydrogen-bond donors (Lipinski definition) is 0. The summed E-state index contributed by atoms with van der Waals surface area (Å²) in [6.45, 7) is 0. The Kier molecular flexibility index (Phi) is 4.29. The maximum absolute atomic E-state index is 13.3. The second-order valence-electron chi connectivity index (χ2n) is 6.88. The van der Waals surface area contributed by atoms with Gasteiger partial charge in [0.05, 0.1) is 12.2 Å². The van der Waals surface area contributed by atoms with Crippen molar-refractivity contribution in [1.82, 2.24) is 0 Å². The molecule has 158 valence electrons. The lowest BCUT2D eigenvalue weighted by Gasteiger charge is -2.36. The highest BCUT2D eigenvalue weighted by Crippen LogP contribution is 2.68. The molecule has 3 unspecified atom stereocenters. The van der Waals surface area contributed by atoms with Crippen molar-refractivity contribution < 1.29 is 62.2 Å². The molecular formula is C13H10F12O2. The van der Waals surface area contributed by atoms with Crippen LogP contribution in [0, 0.1) is 17.8 Å². The molecule has 0 N–H and O–H groups in total. The summed E-state index contributed by atoms with van der Waals surface area (Å²) in [6, 6.07) is 0. The molecule has 0 aromatic heterocycles. The number of rotatable bonds is 2. The van der Waals surface area contributed by atoms with Gasteiger partial charge in [-0.25, -0.2) is 0 Å². The van der Waals surface area contributed by atoms with Crippen molar-refractivity contribution in [3.8, 4) is 0 Å². The predicted molar refractivity (Wildman–Crippen MR) is 60.2 cm³/mol. The summed E-state index contributed by atoms with van der Waals surface area (Å²) in [7, 11) is 0. The Balaban J connectivity index is 1.94. The van der Waals surface area contributed by atoms with Crippen LogP contribution in [-0.2, 0) is 9.47 Å². The zero-order chi connectivity index (χ0) is 20.8. The zero-order valence-electron chi connectivity index (χ0n) is 12.7. The molecule has 14 heteroatoms. The highest BCUT2D eigenvalue weighted by Gasteiger charge is 2.84. The maximum Gasteiger partial charge on any atom is 0.426 e. The second kappa shape index (κ2) is 5.57. The number of ether oxygens (including phenoxy) is 2. The van der Waals surface area contributed by atoms with E-state index in [1.807, 2.05) is 0 Å². The molecule has 0 radical (unpaired) electrons. The number of hydrogen-bond acceptors (Lipinski definition) is 2. The molecule has 3 rings (SSSR count). The maximum atomic E-state index is 13.3. The van der Waals surface area contributed by atoms with E-state index in [-0.39, 0.29) is 0 Å². The minimum Gasteiger partial charge on any atom is -0.355 e. The van der Waals surface area contributed by atoms with Gasteiger partial charge in [-0.3, -0.25) is 0 Å². The Hall–Kier alpha value is -0.920. The highest BCUT2D eigenvalue weighted by atomic mass is 19.4. The van der Waals surface area contributed by atoms with Gasteiger partial charge in [0.1, 0.15) is 0 Å². The topological polar surface area (TPSA) is 18.5 Å². The Bertz CT molecular complexity index is 560. The molecule has 2 nitrogen and oxygen atoms in total. The first kappa shape index (κ1) is 20.8. The number of halogens is 12. The van der Waals surface area contributed by atoms with Crippen LogP contribution in [0.3, 0.4) is 0 Å². The van der Waals surface area contributed by atoms with Crippen LogP contribution < -0.4 is 0 Å². The molecule has 1 heterocycles. The summed E-state index contributed by atoms with van der Waals surface area (Å²) >= 11 is 0. The standard InChI is InChI=1S/C13H10F12O2/c14-10(15,16)8(11(17,18)19)26-6-3-1-4-5(2-3)9(12(20,21)22,13(23,24)25)27-7(4)6/h3-8H,1-2H2/t3-,4+,5?,6?,7?/m1/s1. The quantitative estimate of drug-likeness (QED) is 0.592. The smallest absolute Gasteiger partial charge is 0.355 e. The van der Waals surface area contributed by atoms with E-state index in [4.69, 9.17) is 0 Å². The lowest BCUT2D eigenvalue weighted by molar-refractivity contribution is -0.388. The number of alkyl halides is 12. The van der Waals surface area contributed by atoms with Crippen molar-refractivity contribution in [2.45, 2.75) is 61.5 Å². The van der Waals surface area contributed by atoms with Gasteiger partial charge in [0.2, 0.25) is 6.10 Å². The largest absolute Gasteiger partial charge is 0.426 e. The summed E-state index contributed by atoms with van der Waals surface area (Å²) in [4.78, 5) is 0. The van der Waals surface area contributed by atoms with E-state index < -0.39 is 79.2 Å². The van der Waals surface area contributed by atoms with E-state index in [1.165, 1.54) is 0 Å². The average Bonchev–Trinajstić information content (AvgIpc) is 2.97. The molecule has 3 aliphatic rings. The van der Waals surface area contributed by atoms with Crippen LogP contribution in [-0.4, -0.2) is 48.6 Å². The Morgan fingerprint density at radius 1 is 0.778 bits per heavy atom. The molecule has 27 heavy (non-hydrogen) atoms. The fourth-order valence-electron chi connectivity index (χ4n) is 4.58. The highest BCUT2D eigenvalue weighted by molar-refractivity contribution is 5.19. The van der Waals surface area contributed by atoms with Crippen LogP contribution in [0.2, 0.25) is 0 Å². The van der Waals surface area contributed by atoms with Crippen LogP contribution >= 0.6 is 0 Å². The molecule has 0 spiro atoms. The summed E-state index contributed by atoms with van der Waals surface area (Å²) in [5, 5.41) is 0. The van der Waals surface area contributed by atoms with E-state index in [1.54, 1.807) is 0 Å². The minimum absolute atomic E-state index is 0.434. The minimum atomic E-state index is -5.94. The molecule has 3 fully saturated rings. The van der Waals surface area contributed by atoms with Crippen molar-refractivity contribution >= 4 is 0 Å². The molecule has 0 aromatic rings. The first-order valence-corrected chi connectivity index (χ1v) is 7.51. The number of fused-ring (bicyclic) bond motifs is 1. The summed E-state index contributed by atoms with van der Waals surface area (Å²) in [5.41, 5.74) is -4.63. The Morgan fingerprint density at radius 2 is 1.26 bits per heavy atom. The average molecular weight is 426 g/mol. The van der Waals surface area contributed by atoms with Crippen LogP contribution in [0.15, 0.2) is 0 Å². The van der Waals surface area contributed by atoms with Gasteiger partial charge >= 0.3 is 24.7 Å². The normalized spacial score (nSPS) is 36.1. The third kappa shape index (κ3) is 2.88. The fourth-order valence-corrected chi connectivity index (χ4v) is 4.58. The van der Waals surface area contributed by atoms with Crippen molar-refractivity contribution in [3.63, 3.8) is 0 Å². The van der Waals surface area contributed by atoms with Gasteiger partial charge in [-0.2, -0.15) is 52.7 Å². The van der Waals surface area contributed by atoms with E-state index >= 15 is 0 Å². The Morgan fingerprint density at radius 3 is 1.67 bits per heavy atom. The molecule has 0 amide bonds. The van der Waals surface area contributed by atoms with E-state index in [0.29, 0.717) is 0 Å². The first-order chi connectivity index (χ1) is 11.9. The van der Waals surface area contributed by atoms with E-state index in [9.17, 15) is 52.7 Å². The molecule has 5 atom stereocenters. The zero-order valence-corrected chi connectivity index (χ0v) is 12.7. The molecule has 2 bridgehead atoms. The van der Waals surface area contributed by atoms with Gasteiger partial charge in [-0.1, -0.05) is 0 Å². The molecule has 1 saturated heterocycles. The van der Waals surface area contributed by atoms with Crippen molar-refractivity contribution in [2.24, 2.45) is 17.8 Å².